The van der Waals surface area contributed by atoms with Gasteiger partial charge < -0.3 is 14.3 Å². The van der Waals surface area contributed by atoms with Gasteiger partial charge in [-0.2, -0.15) is 4.98 Å². The third-order valence-corrected chi connectivity index (χ3v) is 6.12. The zero-order chi connectivity index (χ0) is 18.1. The number of likely N-dealkylation sites (N-methyl/N-ethyl adjacent to an activating group) is 1. The molecule has 2 aromatic rings. The van der Waals surface area contributed by atoms with Gasteiger partial charge in [-0.05, 0) is 48.4 Å². The summed E-state index contributed by atoms with van der Waals surface area (Å²) in [4.78, 5) is 9.41. The lowest BCUT2D eigenvalue weighted by Gasteiger charge is -2.49. The van der Waals surface area contributed by atoms with Crippen LogP contribution >= 0.6 is 0 Å². The highest BCUT2D eigenvalue weighted by molar-refractivity contribution is 5.30. The molecule has 0 N–H and O–H groups in total. The summed E-state index contributed by atoms with van der Waals surface area (Å²) in [5.74, 6) is 2.43. The van der Waals surface area contributed by atoms with E-state index in [9.17, 15) is 0 Å². The minimum absolute atomic E-state index is 0.283. The van der Waals surface area contributed by atoms with Gasteiger partial charge >= 0.3 is 0 Å². The molecule has 2 saturated heterocycles. The molecule has 2 aliphatic rings. The molecule has 0 aliphatic carbocycles. The van der Waals surface area contributed by atoms with Crippen molar-refractivity contribution in [3.05, 3.63) is 41.8 Å². The Morgan fingerprint density at radius 1 is 1.15 bits per heavy atom. The maximum absolute atomic E-state index is 5.40. The normalized spacial score (nSPS) is 23.7. The number of anilines is 1. The highest BCUT2D eigenvalue weighted by Gasteiger charge is 2.41. The van der Waals surface area contributed by atoms with Gasteiger partial charge in [0.1, 0.15) is 0 Å². The van der Waals surface area contributed by atoms with E-state index in [1.807, 2.05) is 0 Å². The first kappa shape index (κ1) is 17.5. The van der Waals surface area contributed by atoms with Crippen LogP contribution in [0.15, 0.2) is 34.9 Å². The van der Waals surface area contributed by atoms with E-state index in [4.69, 9.17) is 4.52 Å². The van der Waals surface area contributed by atoms with Crippen LogP contribution in [-0.2, 0) is 0 Å². The maximum Gasteiger partial charge on any atom is 0.266 e. The van der Waals surface area contributed by atoms with Crippen molar-refractivity contribution in [3.8, 4) is 0 Å². The molecule has 0 bridgehead atoms. The zero-order valence-corrected chi connectivity index (χ0v) is 16.2. The van der Waals surface area contributed by atoms with E-state index in [1.54, 1.807) is 0 Å². The van der Waals surface area contributed by atoms with Gasteiger partial charge in [0.05, 0.1) is 0 Å². The fourth-order valence-corrected chi connectivity index (χ4v) is 4.75. The summed E-state index contributed by atoms with van der Waals surface area (Å²) in [6, 6.07) is 11.0. The van der Waals surface area contributed by atoms with Crippen LogP contribution in [0.3, 0.4) is 0 Å². The molecular formula is C21H30N4O. The third kappa shape index (κ3) is 3.50. The maximum atomic E-state index is 5.40. The van der Waals surface area contributed by atoms with E-state index in [-0.39, 0.29) is 5.92 Å². The Morgan fingerprint density at radius 3 is 2.54 bits per heavy atom. The molecule has 5 heteroatoms. The number of nitrogens with zero attached hydrogens (tertiary/aromatic N) is 4. The van der Waals surface area contributed by atoms with Crippen LogP contribution in [0.4, 0.5) is 5.95 Å². The van der Waals surface area contributed by atoms with Gasteiger partial charge in [-0.15, -0.1) is 0 Å². The molecule has 26 heavy (non-hydrogen) atoms. The molecular weight excluding hydrogens is 324 g/mol. The summed E-state index contributed by atoms with van der Waals surface area (Å²) in [7, 11) is 2.28. The zero-order valence-electron chi connectivity index (χ0n) is 16.2. The van der Waals surface area contributed by atoms with E-state index < -0.39 is 0 Å². The van der Waals surface area contributed by atoms with E-state index in [0.29, 0.717) is 11.3 Å². The Labute approximate surface area is 156 Å². The average molecular weight is 354 g/mol. The number of hydrogen-bond acceptors (Lipinski definition) is 5. The largest absolute Gasteiger partial charge is 0.338 e. The molecule has 0 amide bonds. The molecule has 1 atom stereocenters. The Balaban J connectivity index is 1.45. The first-order chi connectivity index (χ1) is 12.5. The van der Waals surface area contributed by atoms with Crippen LogP contribution in [0.1, 0.15) is 56.4 Å². The number of hydrogen-bond donors (Lipinski definition) is 0. The summed E-state index contributed by atoms with van der Waals surface area (Å²) in [6.45, 7) is 8.58. The van der Waals surface area contributed by atoms with Gasteiger partial charge in [-0.25, -0.2) is 0 Å². The van der Waals surface area contributed by atoms with E-state index in [0.717, 1.165) is 31.5 Å². The molecule has 2 aliphatic heterocycles. The predicted octanol–water partition coefficient (Wildman–Crippen LogP) is 3.90. The molecule has 1 spiro atoms. The molecule has 1 aromatic heterocycles. The lowest BCUT2D eigenvalue weighted by atomic mass is 9.68. The predicted molar refractivity (Wildman–Crippen MR) is 104 cm³/mol. The number of piperidine rings is 2. The smallest absolute Gasteiger partial charge is 0.266 e. The highest BCUT2D eigenvalue weighted by atomic mass is 16.5. The molecule has 140 valence electrons. The van der Waals surface area contributed by atoms with Crippen molar-refractivity contribution in [2.24, 2.45) is 5.41 Å². The van der Waals surface area contributed by atoms with Gasteiger partial charge in [0.15, 0.2) is 0 Å². The number of aromatic nitrogens is 2. The summed E-state index contributed by atoms with van der Waals surface area (Å²) in [5.41, 5.74) is 1.90. The van der Waals surface area contributed by atoms with Crippen molar-refractivity contribution in [2.45, 2.75) is 44.9 Å². The van der Waals surface area contributed by atoms with Gasteiger partial charge in [0, 0.05) is 32.1 Å². The summed E-state index contributed by atoms with van der Waals surface area (Å²) < 4.78 is 5.40. The van der Waals surface area contributed by atoms with Crippen LogP contribution in [0.5, 0.6) is 0 Å². The van der Waals surface area contributed by atoms with Crippen LogP contribution in [0, 0.1) is 5.41 Å². The first-order valence-corrected chi connectivity index (χ1v) is 9.87. The Kier molecular flexibility index (Phi) is 4.74. The second-order valence-electron chi connectivity index (χ2n) is 8.58. The van der Waals surface area contributed by atoms with Crippen LogP contribution in [0.2, 0.25) is 0 Å². The first-order valence-electron chi connectivity index (χ1n) is 9.87. The number of rotatable bonds is 3. The molecule has 2 fully saturated rings. The lowest BCUT2D eigenvalue weighted by molar-refractivity contribution is 0.0668. The number of likely N-dealkylation sites (tertiary alicyclic amines) is 1. The van der Waals surface area contributed by atoms with E-state index >= 15 is 0 Å². The fourth-order valence-electron chi connectivity index (χ4n) is 4.75. The minimum atomic E-state index is 0.283. The SMILES string of the molecule is CC(C)c1nc(N2CCC3(CC2)C[C@@H](c2ccccc2)CN(C)C3)no1. The van der Waals surface area contributed by atoms with Gasteiger partial charge in [-0.1, -0.05) is 44.2 Å². The van der Waals surface area contributed by atoms with Crippen molar-refractivity contribution >= 4 is 5.95 Å². The van der Waals surface area contributed by atoms with Crippen LogP contribution in [-0.4, -0.2) is 48.3 Å². The summed E-state index contributed by atoms with van der Waals surface area (Å²) in [5, 5.41) is 4.20. The molecule has 3 heterocycles. The highest BCUT2D eigenvalue weighted by Crippen LogP contribution is 2.45. The van der Waals surface area contributed by atoms with Crippen molar-refractivity contribution in [3.63, 3.8) is 0 Å². The van der Waals surface area contributed by atoms with E-state index in [1.165, 1.54) is 31.4 Å². The Bertz CT molecular complexity index is 719. The monoisotopic (exact) mass is 354 g/mol. The van der Waals surface area contributed by atoms with Crippen LogP contribution in [0.25, 0.3) is 0 Å². The van der Waals surface area contributed by atoms with Crippen molar-refractivity contribution in [1.29, 1.82) is 0 Å². The standard InChI is InChI=1S/C21H30N4O/c1-16(2)19-22-20(23-26-19)25-11-9-21(10-12-25)13-18(14-24(3)15-21)17-7-5-4-6-8-17/h4-8,16,18H,9-15H2,1-3H3/t18-/m1/s1. The topological polar surface area (TPSA) is 45.4 Å². The quantitative estimate of drug-likeness (QED) is 0.836. The lowest BCUT2D eigenvalue weighted by Crippen LogP contribution is -2.50. The summed E-state index contributed by atoms with van der Waals surface area (Å²) >= 11 is 0. The second-order valence-corrected chi connectivity index (χ2v) is 8.58. The molecule has 0 unspecified atom stereocenters. The van der Waals surface area contributed by atoms with Crippen molar-refractivity contribution in [2.75, 3.05) is 38.1 Å². The van der Waals surface area contributed by atoms with Gasteiger partial charge in [-0.3, -0.25) is 0 Å². The second kappa shape index (κ2) is 7.03. The minimum Gasteiger partial charge on any atom is -0.338 e. The molecule has 5 nitrogen and oxygen atoms in total. The average Bonchev–Trinajstić information content (AvgIpc) is 3.13. The Morgan fingerprint density at radius 2 is 1.88 bits per heavy atom. The number of benzene rings is 1. The molecule has 0 radical (unpaired) electrons. The fraction of sp³-hybridized carbons (Fsp3) is 0.619. The van der Waals surface area contributed by atoms with Crippen LogP contribution < -0.4 is 4.90 Å². The van der Waals surface area contributed by atoms with Crippen molar-refractivity contribution < 1.29 is 4.52 Å². The van der Waals surface area contributed by atoms with Gasteiger partial charge in [0.2, 0.25) is 5.89 Å². The molecule has 1 aromatic carbocycles. The van der Waals surface area contributed by atoms with Gasteiger partial charge in [0.25, 0.3) is 5.95 Å². The van der Waals surface area contributed by atoms with Crippen molar-refractivity contribution in [1.82, 2.24) is 15.0 Å². The van der Waals surface area contributed by atoms with E-state index in [2.05, 4.69) is 71.2 Å². The summed E-state index contributed by atoms with van der Waals surface area (Å²) in [6.07, 6.45) is 3.69. The molecule has 4 rings (SSSR count). The Hall–Kier alpha value is -1.88. The third-order valence-electron chi connectivity index (χ3n) is 6.12. The molecule has 0 saturated carbocycles.